The van der Waals surface area contributed by atoms with Crippen molar-refractivity contribution in [1.29, 1.82) is 0 Å². The second kappa shape index (κ2) is 8.41. The predicted molar refractivity (Wildman–Crippen MR) is 78.1 cm³/mol. The van der Waals surface area contributed by atoms with E-state index in [2.05, 4.69) is 24.4 Å². The van der Waals surface area contributed by atoms with Crippen molar-refractivity contribution < 1.29 is 0 Å². The molecule has 2 heteroatoms. The van der Waals surface area contributed by atoms with Crippen molar-refractivity contribution in [2.45, 2.75) is 52.4 Å². The maximum atomic E-state index is 6.07. The molecule has 0 spiro atoms. The minimum atomic E-state index is 0.845. The van der Waals surface area contributed by atoms with Gasteiger partial charge in [0.15, 0.2) is 0 Å². The van der Waals surface area contributed by atoms with E-state index in [0.29, 0.717) is 0 Å². The van der Waals surface area contributed by atoms with Crippen LogP contribution in [0.2, 0.25) is 5.02 Å². The molecular weight excluding hydrogens is 230 g/mol. The summed E-state index contributed by atoms with van der Waals surface area (Å²) >= 11 is 6.07. The summed E-state index contributed by atoms with van der Waals surface area (Å²) < 4.78 is 0. The lowest BCUT2D eigenvalue weighted by Gasteiger charge is -2.07. The standard InChI is InChI=1S/C15H24ClN/c1-3-4-5-6-7-8-11-17-14-10-9-13(2)15(16)12-14/h9-10,12,17H,3-8,11H2,1-2H3. The molecule has 0 fully saturated rings. The molecule has 1 rings (SSSR count). The average Bonchev–Trinajstić information content (AvgIpc) is 2.32. The lowest BCUT2D eigenvalue weighted by Crippen LogP contribution is -2.01. The molecule has 0 aliphatic heterocycles. The van der Waals surface area contributed by atoms with Gasteiger partial charge < -0.3 is 5.32 Å². The summed E-state index contributed by atoms with van der Waals surface area (Å²) in [5.41, 5.74) is 2.27. The van der Waals surface area contributed by atoms with Crippen LogP contribution in [0.1, 0.15) is 51.0 Å². The minimum Gasteiger partial charge on any atom is -0.385 e. The third-order valence-electron chi connectivity index (χ3n) is 3.03. The molecule has 0 aromatic heterocycles. The highest BCUT2D eigenvalue weighted by Crippen LogP contribution is 2.19. The van der Waals surface area contributed by atoms with Crippen LogP contribution in [0.4, 0.5) is 5.69 Å². The topological polar surface area (TPSA) is 12.0 Å². The van der Waals surface area contributed by atoms with E-state index in [1.165, 1.54) is 38.5 Å². The van der Waals surface area contributed by atoms with Crippen LogP contribution >= 0.6 is 11.6 Å². The lowest BCUT2D eigenvalue weighted by molar-refractivity contribution is 0.617. The Hall–Kier alpha value is -0.690. The number of nitrogens with one attached hydrogen (secondary N) is 1. The van der Waals surface area contributed by atoms with E-state index >= 15 is 0 Å². The summed E-state index contributed by atoms with van der Waals surface area (Å²) in [6.07, 6.45) is 8.01. The Labute approximate surface area is 111 Å². The summed E-state index contributed by atoms with van der Waals surface area (Å²) in [6.45, 7) is 5.33. The summed E-state index contributed by atoms with van der Waals surface area (Å²) in [5, 5.41) is 4.26. The first-order valence-corrected chi connectivity index (χ1v) is 7.12. The largest absolute Gasteiger partial charge is 0.385 e. The highest BCUT2D eigenvalue weighted by atomic mass is 35.5. The molecule has 17 heavy (non-hydrogen) atoms. The summed E-state index contributed by atoms with van der Waals surface area (Å²) in [4.78, 5) is 0. The van der Waals surface area contributed by atoms with Crippen LogP contribution in [0.3, 0.4) is 0 Å². The van der Waals surface area contributed by atoms with Crippen LogP contribution in [0, 0.1) is 6.92 Å². The summed E-state index contributed by atoms with van der Waals surface area (Å²) in [7, 11) is 0. The van der Waals surface area contributed by atoms with E-state index in [0.717, 1.165) is 22.8 Å². The van der Waals surface area contributed by atoms with Crippen molar-refractivity contribution >= 4 is 17.3 Å². The normalized spacial score (nSPS) is 10.5. The van der Waals surface area contributed by atoms with Crippen molar-refractivity contribution in [2.75, 3.05) is 11.9 Å². The molecular formula is C15H24ClN. The smallest absolute Gasteiger partial charge is 0.0455 e. The molecule has 0 radical (unpaired) electrons. The van der Waals surface area contributed by atoms with E-state index in [1.807, 2.05) is 13.0 Å². The van der Waals surface area contributed by atoms with Crippen LogP contribution in [0.5, 0.6) is 0 Å². The Kier molecular flexibility index (Phi) is 7.11. The van der Waals surface area contributed by atoms with E-state index in [1.54, 1.807) is 0 Å². The number of benzene rings is 1. The zero-order valence-corrected chi connectivity index (χ0v) is 11.8. The molecule has 1 nitrogen and oxygen atoms in total. The predicted octanol–water partition coefficient (Wildman–Crippen LogP) is 5.42. The fraction of sp³-hybridized carbons (Fsp3) is 0.600. The second-order valence-corrected chi connectivity index (χ2v) is 5.07. The van der Waals surface area contributed by atoms with Crippen LogP contribution in [0.25, 0.3) is 0 Å². The van der Waals surface area contributed by atoms with E-state index in [4.69, 9.17) is 11.6 Å². The zero-order chi connectivity index (χ0) is 12.5. The van der Waals surface area contributed by atoms with Gasteiger partial charge in [0.25, 0.3) is 0 Å². The van der Waals surface area contributed by atoms with Gasteiger partial charge in [0.05, 0.1) is 0 Å². The number of rotatable bonds is 8. The maximum Gasteiger partial charge on any atom is 0.0455 e. The van der Waals surface area contributed by atoms with Crippen LogP contribution in [0.15, 0.2) is 18.2 Å². The van der Waals surface area contributed by atoms with Gasteiger partial charge in [0.2, 0.25) is 0 Å². The number of aryl methyl sites for hydroxylation is 1. The molecule has 1 aromatic carbocycles. The molecule has 0 saturated heterocycles. The summed E-state index contributed by atoms with van der Waals surface area (Å²) in [5.74, 6) is 0. The number of unbranched alkanes of at least 4 members (excludes halogenated alkanes) is 5. The fourth-order valence-electron chi connectivity index (χ4n) is 1.84. The Bertz CT molecular complexity index is 323. The molecule has 1 N–H and O–H groups in total. The van der Waals surface area contributed by atoms with E-state index in [9.17, 15) is 0 Å². The van der Waals surface area contributed by atoms with Gasteiger partial charge in [-0.15, -0.1) is 0 Å². The first-order chi connectivity index (χ1) is 8.24. The second-order valence-electron chi connectivity index (χ2n) is 4.66. The Balaban J connectivity index is 2.11. The van der Waals surface area contributed by atoms with E-state index in [-0.39, 0.29) is 0 Å². The molecule has 0 unspecified atom stereocenters. The molecule has 0 aliphatic carbocycles. The maximum absolute atomic E-state index is 6.07. The third kappa shape index (κ3) is 5.97. The van der Waals surface area contributed by atoms with Crippen molar-refractivity contribution in [3.63, 3.8) is 0 Å². The first kappa shape index (κ1) is 14.4. The number of halogens is 1. The van der Waals surface area contributed by atoms with Gasteiger partial charge in [0, 0.05) is 17.3 Å². The summed E-state index contributed by atoms with van der Waals surface area (Å²) in [6, 6.07) is 6.16. The number of anilines is 1. The molecule has 0 heterocycles. The highest BCUT2D eigenvalue weighted by molar-refractivity contribution is 6.31. The van der Waals surface area contributed by atoms with Gasteiger partial charge >= 0.3 is 0 Å². The SMILES string of the molecule is CCCCCCCCNc1ccc(C)c(Cl)c1. The van der Waals surface area contributed by atoms with Crippen molar-refractivity contribution in [3.05, 3.63) is 28.8 Å². The van der Waals surface area contributed by atoms with Gasteiger partial charge in [-0.2, -0.15) is 0 Å². The Morgan fingerprint density at radius 1 is 1.06 bits per heavy atom. The molecule has 0 atom stereocenters. The van der Waals surface area contributed by atoms with Crippen molar-refractivity contribution in [3.8, 4) is 0 Å². The van der Waals surface area contributed by atoms with Crippen LogP contribution in [-0.2, 0) is 0 Å². The Morgan fingerprint density at radius 3 is 2.47 bits per heavy atom. The minimum absolute atomic E-state index is 0.845. The van der Waals surface area contributed by atoms with Gasteiger partial charge in [-0.3, -0.25) is 0 Å². The molecule has 1 aromatic rings. The van der Waals surface area contributed by atoms with Gasteiger partial charge in [-0.05, 0) is 31.0 Å². The van der Waals surface area contributed by atoms with Gasteiger partial charge in [-0.1, -0.05) is 56.7 Å². The average molecular weight is 254 g/mol. The van der Waals surface area contributed by atoms with Crippen LogP contribution < -0.4 is 5.32 Å². The van der Waals surface area contributed by atoms with E-state index < -0.39 is 0 Å². The Morgan fingerprint density at radius 2 is 1.76 bits per heavy atom. The monoisotopic (exact) mass is 253 g/mol. The first-order valence-electron chi connectivity index (χ1n) is 6.74. The van der Waals surface area contributed by atoms with Crippen molar-refractivity contribution in [1.82, 2.24) is 0 Å². The van der Waals surface area contributed by atoms with Crippen molar-refractivity contribution in [2.24, 2.45) is 0 Å². The van der Waals surface area contributed by atoms with Gasteiger partial charge in [0.1, 0.15) is 0 Å². The molecule has 96 valence electrons. The number of hydrogen-bond acceptors (Lipinski definition) is 1. The molecule has 0 saturated carbocycles. The number of hydrogen-bond donors (Lipinski definition) is 1. The van der Waals surface area contributed by atoms with Crippen LogP contribution in [-0.4, -0.2) is 6.54 Å². The lowest BCUT2D eigenvalue weighted by atomic mass is 10.1. The molecule has 0 bridgehead atoms. The van der Waals surface area contributed by atoms with Gasteiger partial charge in [-0.25, -0.2) is 0 Å². The molecule has 0 aliphatic rings. The quantitative estimate of drug-likeness (QED) is 0.610. The zero-order valence-electron chi connectivity index (χ0n) is 11.1. The highest BCUT2D eigenvalue weighted by Gasteiger charge is 1.97. The fourth-order valence-corrected chi connectivity index (χ4v) is 2.02. The third-order valence-corrected chi connectivity index (χ3v) is 3.44. The molecule has 0 amide bonds.